The molecule has 2 fully saturated rings. The van der Waals surface area contributed by atoms with Crippen molar-refractivity contribution in [2.45, 2.75) is 149 Å². The SMILES string of the molecule is COc1ccc(CN(C(C)CC(Cc2ccccc2)N(Cc2ccc(OC)c(-c3cc(OC)ccc3CN(Cc3ccco3)C(C)C)c2)C(C)C)C23CC(C)CC(CC(C)C2)C3)cc1. The van der Waals surface area contributed by atoms with Crippen LogP contribution in [0.1, 0.15) is 115 Å². The third-order valence-electron chi connectivity index (χ3n) is 14.6. The van der Waals surface area contributed by atoms with Crippen molar-refractivity contribution in [1.82, 2.24) is 14.7 Å². The van der Waals surface area contributed by atoms with Crippen molar-refractivity contribution in [2.75, 3.05) is 21.3 Å². The molecule has 2 aliphatic rings. The molecule has 4 unspecified atom stereocenters. The lowest BCUT2D eigenvalue weighted by molar-refractivity contribution is -0.0704. The minimum Gasteiger partial charge on any atom is -0.497 e. The maximum Gasteiger partial charge on any atom is 0.126 e. The Morgan fingerprint density at radius 3 is 1.94 bits per heavy atom. The predicted octanol–water partition coefficient (Wildman–Crippen LogP) is 13.1. The van der Waals surface area contributed by atoms with Gasteiger partial charge in [0.15, 0.2) is 0 Å². The van der Waals surface area contributed by atoms with Gasteiger partial charge in [0.2, 0.25) is 0 Å². The van der Waals surface area contributed by atoms with Crippen LogP contribution in [-0.4, -0.2) is 65.7 Å². The molecule has 1 aromatic heterocycles. The van der Waals surface area contributed by atoms with E-state index in [0.29, 0.717) is 24.2 Å². The largest absolute Gasteiger partial charge is 0.497 e. The molecule has 2 bridgehead atoms. The van der Waals surface area contributed by atoms with Gasteiger partial charge >= 0.3 is 0 Å². The predicted molar refractivity (Wildman–Crippen MR) is 263 cm³/mol. The standard InChI is InChI=1S/C57H77N3O4/c1-40(2)58(39-53-17-14-26-64-53)38-49-21-24-52(62-9)32-54(49)55-31-47(20-25-56(55)63-10)36-59(41(3)4)50(30-45-15-12-11-13-16-45)29-44(7)60(37-46-18-22-51(61-8)23-19-46)57-33-42(5)27-48(35-57)28-43(6)34-57/h11-26,31-32,40-44,48,50H,27-30,33-39H2,1-10H3. The minimum atomic E-state index is 0.196. The quantitative estimate of drug-likeness (QED) is 0.0728. The van der Waals surface area contributed by atoms with Gasteiger partial charge in [0.1, 0.15) is 23.0 Å². The highest BCUT2D eigenvalue weighted by atomic mass is 16.5. The Hall–Kier alpha value is -4.56. The van der Waals surface area contributed by atoms with E-state index in [0.717, 1.165) is 90.9 Å². The maximum atomic E-state index is 6.15. The summed E-state index contributed by atoms with van der Waals surface area (Å²) in [5, 5.41) is 0. The molecule has 4 aromatic carbocycles. The van der Waals surface area contributed by atoms with Gasteiger partial charge in [-0.05, 0) is 174 Å². The van der Waals surface area contributed by atoms with Gasteiger partial charge in [-0.25, -0.2) is 0 Å². The van der Waals surface area contributed by atoms with E-state index in [1.54, 1.807) is 27.6 Å². The summed E-state index contributed by atoms with van der Waals surface area (Å²) in [4.78, 5) is 8.23. The fraction of sp³-hybridized carbons (Fsp3) is 0.509. The average Bonchev–Trinajstić information content (AvgIpc) is 3.80. The van der Waals surface area contributed by atoms with Crippen LogP contribution in [0.4, 0.5) is 0 Å². The molecular weight excluding hydrogens is 791 g/mol. The van der Waals surface area contributed by atoms with Crippen LogP contribution in [0.2, 0.25) is 0 Å². The van der Waals surface area contributed by atoms with E-state index in [9.17, 15) is 0 Å². The number of hydrogen-bond acceptors (Lipinski definition) is 7. The summed E-state index contributed by atoms with van der Waals surface area (Å²) in [6, 6.07) is 38.7. The Bertz CT molecular complexity index is 2160. The van der Waals surface area contributed by atoms with Crippen molar-refractivity contribution in [3.63, 3.8) is 0 Å². The first-order valence-electron chi connectivity index (χ1n) is 24.2. The first kappa shape index (κ1) is 47.4. The highest BCUT2D eigenvalue weighted by molar-refractivity contribution is 5.75. The first-order chi connectivity index (χ1) is 30.9. The molecule has 1 heterocycles. The molecule has 2 saturated carbocycles. The second kappa shape index (κ2) is 21.6. The second-order valence-corrected chi connectivity index (χ2v) is 20.2. The Labute approximate surface area is 386 Å². The maximum absolute atomic E-state index is 6.15. The molecule has 7 nitrogen and oxygen atoms in total. The third-order valence-corrected chi connectivity index (χ3v) is 14.6. The average molecular weight is 868 g/mol. The topological polar surface area (TPSA) is 50.6 Å². The van der Waals surface area contributed by atoms with E-state index in [2.05, 4.69) is 160 Å². The molecule has 0 amide bonds. The molecule has 0 N–H and O–H groups in total. The molecule has 0 spiro atoms. The zero-order chi connectivity index (χ0) is 45.4. The van der Waals surface area contributed by atoms with Gasteiger partial charge in [0.05, 0.1) is 34.1 Å². The number of rotatable bonds is 21. The van der Waals surface area contributed by atoms with Crippen LogP contribution in [0.3, 0.4) is 0 Å². The fourth-order valence-corrected chi connectivity index (χ4v) is 11.8. The smallest absolute Gasteiger partial charge is 0.126 e. The number of nitrogens with zero attached hydrogens (tertiary/aromatic N) is 3. The molecule has 5 aromatic rings. The van der Waals surface area contributed by atoms with Gasteiger partial charge < -0.3 is 18.6 Å². The Balaban J connectivity index is 1.24. The lowest BCUT2D eigenvalue weighted by Crippen LogP contribution is -2.59. The zero-order valence-electron chi connectivity index (χ0n) is 40.7. The zero-order valence-corrected chi connectivity index (χ0v) is 40.7. The first-order valence-corrected chi connectivity index (χ1v) is 24.2. The van der Waals surface area contributed by atoms with E-state index in [4.69, 9.17) is 18.6 Å². The summed E-state index contributed by atoms with van der Waals surface area (Å²) in [7, 11) is 5.29. The normalized spacial score (nSPS) is 20.9. The number of fused-ring (bicyclic) bond motifs is 2. The van der Waals surface area contributed by atoms with Crippen molar-refractivity contribution in [2.24, 2.45) is 17.8 Å². The molecule has 0 saturated heterocycles. The molecule has 344 valence electrons. The number of furan rings is 1. The molecule has 2 aliphatic carbocycles. The minimum absolute atomic E-state index is 0.196. The van der Waals surface area contributed by atoms with E-state index in [1.165, 1.54) is 54.4 Å². The molecule has 0 radical (unpaired) electrons. The molecule has 64 heavy (non-hydrogen) atoms. The van der Waals surface area contributed by atoms with Crippen LogP contribution < -0.4 is 14.2 Å². The highest BCUT2D eigenvalue weighted by Crippen LogP contribution is 2.52. The van der Waals surface area contributed by atoms with Crippen LogP contribution >= 0.6 is 0 Å². The van der Waals surface area contributed by atoms with Crippen LogP contribution in [0.25, 0.3) is 11.1 Å². The van der Waals surface area contributed by atoms with E-state index in [1.807, 2.05) is 6.07 Å². The van der Waals surface area contributed by atoms with Crippen LogP contribution in [0, 0.1) is 17.8 Å². The van der Waals surface area contributed by atoms with E-state index >= 15 is 0 Å². The Kier molecular flexibility index (Phi) is 16.0. The molecule has 7 heteroatoms. The van der Waals surface area contributed by atoms with Crippen molar-refractivity contribution in [3.8, 4) is 28.4 Å². The third kappa shape index (κ3) is 11.6. The Morgan fingerprint density at radius 2 is 1.31 bits per heavy atom. The lowest BCUT2D eigenvalue weighted by Gasteiger charge is -2.57. The number of hydrogen-bond donors (Lipinski definition) is 0. The fourth-order valence-electron chi connectivity index (χ4n) is 11.8. The van der Waals surface area contributed by atoms with Crippen molar-refractivity contribution in [1.29, 1.82) is 0 Å². The van der Waals surface area contributed by atoms with Crippen molar-refractivity contribution < 1.29 is 18.6 Å². The van der Waals surface area contributed by atoms with Crippen LogP contribution in [-0.2, 0) is 32.6 Å². The molecule has 0 aliphatic heterocycles. The van der Waals surface area contributed by atoms with Crippen molar-refractivity contribution in [3.05, 3.63) is 137 Å². The number of benzene rings is 4. The van der Waals surface area contributed by atoms with E-state index in [-0.39, 0.29) is 5.54 Å². The van der Waals surface area contributed by atoms with Crippen LogP contribution in [0.15, 0.2) is 114 Å². The van der Waals surface area contributed by atoms with Crippen molar-refractivity contribution >= 4 is 0 Å². The summed E-state index contributed by atoms with van der Waals surface area (Å²) in [6.45, 7) is 20.1. The summed E-state index contributed by atoms with van der Waals surface area (Å²) >= 11 is 0. The number of ether oxygens (including phenoxy) is 3. The molecule has 4 atom stereocenters. The van der Waals surface area contributed by atoms with Gasteiger partial charge in [-0.3, -0.25) is 14.7 Å². The van der Waals surface area contributed by atoms with Gasteiger partial charge in [0.25, 0.3) is 0 Å². The molecule has 7 rings (SSSR count). The van der Waals surface area contributed by atoms with Gasteiger partial charge in [-0.15, -0.1) is 0 Å². The van der Waals surface area contributed by atoms with Crippen LogP contribution in [0.5, 0.6) is 17.2 Å². The summed E-state index contributed by atoms with van der Waals surface area (Å²) in [5.41, 5.74) is 7.67. The van der Waals surface area contributed by atoms with Gasteiger partial charge in [0, 0.05) is 54.9 Å². The lowest BCUT2D eigenvalue weighted by atomic mass is 9.60. The summed E-state index contributed by atoms with van der Waals surface area (Å²) in [6.07, 6.45) is 10.4. The summed E-state index contributed by atoms with van der Waals surface area (Å²) < 4.78 is 23.4. The second-order valence-electron chi connectivity index (χ2n) is 20.2. The number of methoxy groups -OCH3 is 3. The van der Waals surface area contributed by atoms with Gasteiger partial charge in [-0.1, -0.05) is 68.4 Å². The highest BCUT2D eigenvalue weighted by Gasteiger charge is 2.49. The summed E-state index contributed by atoms with van der Waals surface area (Å²) in [5.74, 6) is 5.86. The Morgan fingerprint density at radius 1 is 0.625 bits per heavy atom. The van der Waals surface area contributed by atoms with E-state index < -0.39 is 0 Å². The molecular formula is C57H77N3O4. The monoisotopic (exact) mass is 868 g/mol. The van der Waals surface area contributed by atoms with Gasteiger partial charge in [-0.2, -0.15) is 0 Å².